The van der Waals surface area contributed by atoms with Crippen molar-refractivity contribution in [2.45, 2.75) is 43.0 Å². The van der Waals surface area contributed by atoms with E-state index in [1.807, 2.05) is 62.4 Å². The minimum Gasteiger partial charge on any atom is -0.459 e. The van der Waals surface area contributed by atoms with Crippen LogP contribution in [-0.2, 0) is 20.9 Å². The topological polar surface area (TPSA) is 63.7 Å². The second-order valence-corrected chi connectivity index (χ2v) is 9.72. The van der Waals surface area contributed by atoms with Crippen LogP contribution in [0.1, 0.15) is 36.2 Å². The highest BCUT2D eigenvalue weighted by Crippen LogP contribution is 2.54. The van der Waals surface area contributed by atoms with Crippen molar-refractivity contribution in [3.05, 3.63) is 71.8 Å². The fourth-order valence-electron chi connectivity index (χ4n) is 4.01. The molecule has 0 bridgehead atoms. The maximum atomic E-state index is 12.8. The van der Waals surface area contributed by atoms with Crippen LogP contribution in [0.2, 0.25) is 0 Å². The lowest BCUT2D eigenvalue weighted by atomic mass is 9.87. The number of esters is 1. The van der Waals surface area contributed by atoms with Crippen LogP contribution in [0.15, 0.2) is 60.7 Å². The van der Waals surface area contributed by atoms with Crippen molar-refractivity contribution in [3.8, 4) is 0 Å². The average molecular weight is 410 g/mol. The number of carbonyl (C=O) groups is 3. The fourth-order valence-corrected chi connectivity index (χ4v) is 5.69. The van der Waals surface area contributed by atoms with Crippen LogP contribution in [0.3, 0.4) is 0 Å². The van der Waals surface area contributed by atoms with Crippen LogP contribution in [0, 0.1) is 5.92 Å². The minimum atomic E-state index is -0.642. The highest BCUT2D eigenvalue weighted by Gasteiger charge is 2.64. The van der Waals surface area contributed by atoms with E-state index in [4.69, 9.17) is 4.74 Å². The number of carbonyl (C=O) groups excluding carboxylic acids is 3. The molecule has 2 aliphatic rings. The molecule has 5 nitrogen and oxygen atoms in total. The van der Waals surface area contributed by atoms with E-state index in [2.05, 4.69) is 0 Å². The highest BCUT2D eigenvalue weighted by atomic mass is 32.2. The van der Waals surface area contributed by atoms with Gasteiger partial charge in [0.2, 0.25) is 5.91 Å². The van der Waals surface area contributed by atoms with E-state index in [-0.39, 0.29) is 36.0 Å². The molecule has 2 saturated heterocycles. The van der Waals surface area contributed by atoms with E-state index >= 15 is 0 Å². The molecular weight excluding hydrogens is 386 g/mol. The third-order valence-corrected chi connectivity index (χ3v) is 7.13. The van der Waals surface area contributed by atoms with E-state index in [0.29, 0.717) is 5.56 Å². The number of nitrogens with zero attached hydrogens (tertiary/aromatic N) is 1. The lowest BCUT2D eigenvalue weighted by molar-refractivity contribution is -0.167. The average Bonchev–Trinajstić information content (AvgIpc) is 2.99. The number of benzene rings is 2. The number of ketones is 1. The lowest BCUT2D eigenvalue weighted by Gasteiger charge is -2.43. The lowest BCUT2D eigenvalue weighted by Crippen LogP contribution is -2.63. The largest absolute Gasteiger partial charge is 0.459 e. The molecule has 3 atom stereocenters. The van der Waals surface area contributed by atoms with Crippen LogP contribution >= 0.6 is 11.8 Å². The van der Waals surface area contributed by atoms with Gasteiger partial charge in [-0.25, -0.2) is 4.79 Å². The van der Waals surface area contributed by atoms with E-state index < -0.39 is 16.8 Å². The SMILES string of the molecule is CC1(C)S[C@@H]2[C@H](CC(=O)c3ccccc3)C(=O)N2[C@H]1C(=O)OCc1ccccc1. The summed E-state index contributed by atoms with van der Waals surface area (Å²) in [6.45, 7) is 4.08. The highest BCUT2D eigenvalue weighted by molar-refractivity contribution is 8.01. The first-order valence-electron chi connectivity index (χ1n) is 9.67. The summed E-state index contributed by atoms with van der Waals surface area (Å²) in [7, 11) is 0. The van der Waals surface area contributed by atoms with Crippen molar-refractivity contribution < 1.29 is 19.1 Å². The third-order valence-electron chi connectivity index (χ3n) is 5.50. The van der Waals surface area contributed by atoms with Gasteiger partial charge in [0.25, 0.3) is 0 Å². The number of thioether (sulfide) groups is 1. The zero-order valence-electron chi connectivity index (χ0n) is 16.4. The molecule has 2 aromatic rings. The molecule has 0 aliphatic carbocycles. The predicted molar refractivity (Wildman–Crippen MR) is 111 cm³/mol. The molecule has 0 radical (unpaired) electrons. The van der Waals surface area contributed by atoms with Crippen molar-refractivity contribution in [2.24, 2.45) is 5.92 Å². The molecule has 0 aromatic heterocycles. The van der Waals surface area contributed by atoms with Crippen LogP contribution in [0.4, 0.5) is 0 Å². The maximum Gasteiger partial charge on any atom is 0.330 e. The molecule has 2 fully saturated rings. The smallest absolute Gasteiger partial charge is 0.330 e. The van der Waals surface area contributed by atoms with Gasteiger partial charge in [-0.3, -0.25) is 9.59 Å². The molecule has 150 valence electrons. The maximum absolute atomic E-state index is 12.8. The Morgan fingerprint density at radius 3 is 2.31 bits per heavy atom. The van der Waals surface area contributed by atoms with Crippen LogP contribution in [0.25, 0.3) is 0 Å². The van der Waals surface area contributed by atoms with E-state index in [1.165, 1.54) is 0 Å². The number of Topliss-reactive ketones (excluding diaryl/α,β-unsaturated/α-hetero) is 1. The molecule has 0 spiro atoms. The monoisotopic (exact) mass is 409 g/mol. The molecule has 0 N–H and O–H groups in total. The summed E-state index contributed by atoms with van der Waals surface area (Å²) in [6, 6.07) is 17.8. The summed E-state index contributed by atoms with van der Waals surface area (Å²) in [4.78, 5) is 39.8. The first-order valence-corrected chi connectivity index (χ1v) is 10.6. The molecule has 4 rings (SSSR count). The van der Waals surface area contributed by atoms with Gasteiger partial charge < -0.3 is 9.64 Å². The van der Waals surface area contributed by atoms with Crippen LogP contribution in [0.5, 0.6) is 0 Å². The second kappa shape index (κ2) is 7.67. The number of rotatable bonds is 6. The Kier molecular flexibility index (Phi) is 5.21. The first kappa shape index (κ1) is 19.7. The Hall–Kier alpha value is -2.60. The van der Waals surface area contributed by atoms with Gasteiger partial charge >= 0.3 is 5.97 Å². The summed E-state index contributed by atoms with van der Waals surface area (Å²) in [5.74, 6) is -0.968. The van der Waals surface area contributed by atoms with Gasteiger partial charge in [0.05, 0.1) is 11.3 Å². The van der Waals surface area contributed by atoms with E-state index in [9.17, 15) is 14.4 Å². The van der Waals surface area contributed by atoms with Gasteiger partial charge in [0.15, 0.2) is 5.78 Å². The quantitative estimate of drug-likeness (QED) is 0.414. The summed E-state index contributed by atoms with van der Waals surface area (Å²) >= 11 is 1.58. The predicted octanol–water partition coefficient (Wildman–Crippen LogP) is 3.68. The van der Waals surface area contributed by atoms with Gasteiger partial charge in [0.1, 0.15) is 12.6 Å². The Bertz CT molecular complexity index is 928. The molecule has 0 unspecified atom stereocenters. The number of hydrogen-bond donors (Lipinski definition) is 0. The standard InChI is InChI=1S/C23H23NO4S/c1-23(2)19(22(27)28-14-15-9-5-3-6-10-15)24-20(26)17(21(24)29-23)13-18(25)16-11-7-4-8-12-16/h3-12,17,19,21H,13-14H2,1-2H3/t17-,19+,21-/m1/s1. The van der Waals surface area contributed by atoms with Gasteiger partial charge in [0, 0.05) is 16.7 Å². The third kappa shape index (κ3) is 3.69. The number of fused-ring (bicyclic) bond motifs is 1. The van der Waals surface area contributed by atoms with Gasteiger partial charge in [-0.1, -0.05) is 60.7 Å². The van der Waals surface area contributed by atoms with Gasteiger partial charge in [-0.05, 0) is 19.4 Å². The molecular formula is C23H23NO4S. The van der Waals surface area contributed by atoms with Crippen molar-refractivity contribution in [1.29, 1.82) is 0 Å². The first-order chi connectivity index (χ1) is 13.9. The Morgan fingerprint density at radius 2 is 1.66 bits per heavy atom. The summed E-state index contributed by atoms with van der Waals surface area (Å²) in [5.41, 5.74) is 1.52. The molecule has 2 heterocycles. The normalized spacial score (nSPS) is 24.6. The summed E-state index contributed by atoms with van der Waals surface area (Å²) in [5, 5.41) is -0.167. The number of hydrogen-bond acceptors (Lipinski definition) is 5. The summed E-state index contributed by atoms with van der Waals surface area (Å²) < 4.78 is 5.05. The molecule has 0 saturated carbocycles. The summed E-state index contributed by atoms with van der Waals surface area (Å²) in [6.07, 6.45) is 0.166. The van der Waals surface area contributed by atoms with Gasteiger partial charge in [-0.15, -0.1) is 11.8 Å². The van der Waals surface area contributed by atoms with E-state index in [1.54, 1.807) is 28.8 Å². The minimum absolute atomic E-state index is 0.0443. The molecule has 1 amide bonds. The Labute approximate surface area is 174 Å². The number of amides is 1. The van der Waals surface area contributed by atoms with Crippen molar-refractivity contribution in [3.63, 3.8) is 0 Å². The molecule has 29 heavy (non-hydrogen) atoms. The van der Waals surface area contributed by atoms with Crippen LogP contribution in [-0.4, -0.2) is 38.7 Å². The van der Waals surface area contributed by atoms with E-state index in [0.717, 1.165) is 5.56 Å². The second-order valence-electron chi connectivity index (χ2n) is 7.95. The Balaban J connectivity index is 1.43. The number of ether oxygens (including phenoxy) is 1. The zero-order valence-corrected chi connectivity index (χ0v) is 17.2. The van der Waals surface area contributed by atoms with Crippen molar-refractivity contribution in [2.75, 3.05) is 0 Å². The van der Waals surface area contributed by atoms with Crippen molar-refractivity contribution >= 4 is 29.4 Å². The van der Waals surface area contributed by atoms with Crippen molar-refractivity contribution in [1.82, 2.24) is 4.90 Å². The number of β-lactam (4-membered cyclic amide) rings is 1. The Morgan fingerprint density at radius 1 is 1.03 bits per heavy atom. The molecule has 2 aromatic carbocycles. The van der Waals surface area contributed by atoms with Crippen LogP contribution < -0.4 is 0 Å². The molecule has 2 aliphatic heterocycles. The fraction of sp³-hybridized carbons (Fsp3) is 0.348. The molecule has 6 heteroatoms. The van der Waals surface area contributed by atoms with Gasteiger partial charge in [-0.2, -0.15) is 0 Å². The zero-order chi connectivity index (χ0) is 20.6.